The van der Waals surface area contributed by atoms with E-state index < -0.39 is 11.7 Å². The summed E-state index contributed by atoms with van der Waals surface area (Å²) in [5, 5.41) is 23.8. The van der Waals surface area contributed by atoms with Gasteiger partial charge in [0, 0.05) is 68.9 Å². The molecule has 0 aromatic carbocycles. The number of piperidine rings is 1. The number of aliphatic hydroxyl groups excluding tert-OH is 1. The molecule has 0 amide bonds. The number of methoxy groups -OCH3 is 3. The van der Waals surface area contributed by atoms with Crippen molar-refractivity contribution >= 4 is 0 Å². The van der Waals surface area contributed by atoms with Crippen molar-refractivity contribution in [3.05, 3.63) is 0 Å². The Balaban J connectivity index is 1.58. The number of fused-ring (bicyclic) bond motifs is 2. The lowest BCUT2D eigenvalue weighted by atomic mass is 9.43. The summed E-state index contributed by atoms with van der Waals surface area (Å²) in [7, 11) is 5.48. The molecule has 1 heterocycles. The normalized spacial score (nSPS) is 60.8. The minimum Gasteiger partial charge on any atom is -0.392 e. The van der Waals surface area contributed by atoms with Crippen LogP contribution in [0.25, 0.3) is 0 Å². The third kappa shape index (κ3) is 2.00. The van der Waals surface area contributed by atoms with Crippen LogP contribution < -0.4 is 0 Å². The molecular formula is C24H39NO5. The molecule has 6 nitrogen and oxygen atoms in total. The first kappa shape index (κ1) is 20.4. The molecule has 1 saturated heterocycles. The Labute approximate surface area is 180 Å². The van der Waals surface area contributed by atoms with E-state index in [1.165, 1.54) is 0 Å². The second-order valence-electron chi connectivity index (χ2n) is 11.5. The highest BCUT2D eigenvalue weighted by molar-refractivity contribution is 5.33. The van der Waals surface area contributed by atoms with E-state index in [4.69, 9.17) is 14.2 Å². The maximum atomic E-state index is 12.4. The van der Waals surface area contributed by atoms with Gasteiger partial charge in [0.2, 0.25) is 0 Å². The molecular weight excluding hydrogens is 382 g/mol. The average molecular weight is 422 g/mol. The lowest BCUT2D eigenvalue weighted by molar-refractivity contribution is -0.276. The highest BCUT2D eigenvalue weighted by atomic mass is 16.5. The fourth-order valence-corrected chi connectivity index (χ4v) is 10.7. The number of aliphatic hydroxyl groups is 2. The standard InChI is InChI=1S/C24H39NO5/c1-5-25-11-22(12-28-2)7-6-18(30-4)24-14-8-13-16(29-3)10-23(27,19(14)20(13)26)15(21(24)25)9-17(22)24/h13-21,26-27H,5-12H2,1-4H3/t13-,14-,15?,16+,17-,18?,19-,20+,21?,22+,23+,24?/m1/s1. The minimum absolute atomic E-state index is 0.000283. The van der Waals surface area contributed by atoms with Crippen molar-refractivity contribution < 1.29 is 24.4 Å². The molecule has 6 aliphatic rings. The van der Waals surface area contributed by atoms with Crippen LogP contribution in [0.4, 0.5) is 0 Å². The molecule has 0 aromatic heterocycles. The number of likely N-dealkylation sites (tertiary alicyclic amines) is 1. The number of rotatable bonds is 5. The molecule has 4 unspecified atom stereocenters. The van der Waals surface area contributed by atoms with Crippen molar-refractivity contribution in [2.24, 2.45) is 40.4 Å². The third-order valence-electron chi connectivity index (χ3n) is 11.2. The number of nitrogens with zero attached hydrogens (tertiary/aromatic N) is 1. The van der Waals surface area contributed by atoms with Crippen molar-refractivity contribution in [2.75, 3.05) is 41.0 Å². The molecule has 1 spiro atoms. The summed E-state index contributed by atoms with van der Waals surface area (Å²) in [5.74, 6) is 1.03. The minimum atomic E-state index is -0.847. The topological polar surface area (TPSA) is 71.4 Å². The van der Waals surface area contributed by atoms with Crippen LogP contribution in [0.15, 0.2) is 0 Å². The average Bonchev–Trinajstić information content (AvgIpc) is 3.15. The van der Waals surface area contributed by atoms with Gasteiger partial charge in [-0.2, -0.15) is 0 Å². The van der Waals surface area contributed by atoms with E-state index in [9.17, 15) is 10.2 Å². The zero-order valence-corrected chi connectivity index (χ0v) is 18.9. The number of ether oxygens (including phenoxy) is 3. The molecule has 6 fully saturated rings. The Morgan fingerprint density at radius 1 is 1.10 bits per heavy atom. The van der Waals surface area contributed by atoms with Gasteiger partial charge in [-0.05, 0) is 44.1 Å². The lowest BCUT2D eigenvalue weighted by Crippen LogP contribution is -2.76. The van der Waals surface area contributed by atoms with Gasteiger partial charge in [-0.3, -0.25) is 4.90 Å². The van der Waals surface area contributed by atoms with E-state index in [0.29, 0.717) is 18.4 Å². The SMILES string of the molecule is CCN1C[C@]2(COC)CCC(OC)C34C1C(C[C@@H]32)[C@@]1(O)C[C@H](OC)[C@H]2C[C@@H]4[C@@H]1[C@H]2O. The Hall–Kier alpha value is -0.240. The van der Waals surface area contributed by atoms with Crippen molar-refractivity contribution in [3.63, 3.8) is 0 Å². The fraction of sp³-hybridized carbons (Fsp3) is 1.00. The number of hydrogen-bond acceptors (Lipinski definition) is 6. The van der Waals surface area contributed by atoms with E-state index in [0.717, 1.165) is 45.4 Å². The van der Waals surface area contributed by atoms with Gasteiger partial charge in [-0.25, -0.2) is 0 Å². The second kappa shape index (κ2) is 6.42. The van der Waals surface area contributed by atoms with Gasteiger partial charge in [0.15, 0.2) is 0 Å². The summed E-state index contributed by atoms with van der Waals surface area (Å²) in [6.45, 7) is 5.11. The summed E-state index contributed by atoms with van der Waals surface area (Å²) in [6.07, 6.45) is 4.52. The van der Waals surface area contributed by atoms with Crippen molar-refractivity contribution in [3.8, 4) is 0 Å². The molecule has 170 valence electrons. The molecule has 7 bridgehead atoms. The first-order chi connectivity index (χ1) is 14.4. The van der Waals surface area contributed by atoms with Crippen molar-refractivity contribution in [1.29, 1.82) is 0 Å². The maximum Gasteiger partial charge on any atom is 0.0771 e. The van der Waals surface area contributed by atoms with E-state index in [1.54, 1.807) is 7.11 Å². The van der Waals surface area contributed by atoms with Gasteiger partial charge in [0.1, 0.15) is 0 Å². The molecule has 5 saturated carbocycles. The van der Waals surface area contributed by atoms with Gasteiger partial charge in [-0.1, -0.05) is 6.92 Å². The Morgan fingerprint density at radius 3 is 2.57 bits per heavy atom. The quantitative estimate of drug-likeness (QED) is 0.702. The van der Waals surface area contributed by atoms with E-state index >= 15 is 0 Å². The second-order valence-corrected chi connectivity index (χ2v) is 11.5. The van der Waals surface area contributed by atoms with E-state index in [1.807, 2.05) is 14.2 Å². The summed E-state index contributed by atoms with van der Waals surface area (Å²) in [5.41, 5.74) is -0.719. The molecule has 6 rings (SSSR count). The first-order valence-electron chi connectivity index (χ1n) is 12.1. The van der Waals surface area contributed by atoms with Crippen molar-refractivity contribution in [2.45, 2.75) is 69.0 Å². The van der Waals surface area contributed by atoms with Crippen LogP contribution in [0.5, 0.6) is 0 Å². The molecule has 12 atom stereocenters. The van der Waals surface area contributed by atoms with Gasteiger partial charge >= 0.3 is 0 Å². The van der Waals surface area contributed by atoms with Gasteiger partial charge in [-0.15, -0.1) is 0 Å². The highest BCUT2D eigenvalue weighted by Crippen LogP contribution is 2.79. The van der Waals surface area contributed by atoms with Gasteiger partial charge < -0.3 is 24.4 Å². The van der Waals surface area contributed by atoms with Crippen LogP contribution in [0, 0.1) is 40.4 Å². The fourth-order valence-electron chi connectivity index (χ4n) is 10.7. The predicted octanol–water partition coefficient (Wildman–Crippen LogP) is 1.53. The Bertz CT molecular complexity index is 720. The van der Waals surface area contributed by atoms with Crippen LogP contribution in [-0.2, 0) is 14.2 Å². The lowest BCUT2D eigenvalue weighted by Gasteiger charge is -2.69. The third-order valence-corrected chi connectivity index (χ3v) is 11.2. The summed E-state index contributed by atoms with van der Waals surface area (Å²) in [4.78, 5) is 2.67. The monoisotopic (exact) mass is 421 g/mol. The zero-order valence-electron chi connectivity index (χ0n) is 18.9. The largest absolute Gasteiger partial charge is 0.392 e. The smallest absolute Gasteiger partial charge is 0.0771 e. The molecule has 5 aliphatic carbocycles. The molecule has 0 radical (unpaired) electrons. The zero-order chi connectivity index (χ0) is 21.1. The van der Waals surface area contributed by atoms with Crippen LogP contribution in [0.1, 0.15) is 39.0 Å². The first-order valence-corrected chi connectivity index (χ1v) is 12.1. The summed E-state index contributed by atoms with van der Waals surface area (Å²) in [6, 6.07) is 0.329. The van der Waals surface area contributed by atoms with Crippen molar-refractivity contribution in [1.82, 2.24) is 4.90 Å². The van der Waals surface area contributed by atoms with E-state index in [-0.39, 0.29) is 46.7 Å². The summed E-state index contributed by atoms with van der Waals surface area (Å²) >= 11 is 0. The predicted molar refractivity (Wildman–Crippen MR) is 111 cm³/mol. The molecule has 0 aromatic rings. The highest BCUT2D eigenvalue weighted by Gasteiger charge is 2.83. The summed E-state index contributed by atoms with van der Waals surface area (Å²) < 4.78 is 18.0. The maximum absolute atomic E-state index is 12.4. The molecule has 2 N–H and O–H groups in total. The Kier molecular flexibility index (Phi) is 4.36. The van der Waals surface area contributed by atoms with Gasteiger partial charge in [0.25, 0.3) is 0 Å². The van der Waals surface area contributed by atoms with E-state index in [2.05, 4.69) is 11.8 Å². The molecule has 6 heteroatoms. The van der Waals surface area contributed by atoms with Crippen LogP contribution >= 0.6 is 0 Å². The van der Waals surface area contributed by atoms with Crippen LogP contribution in [0.2, 0.25) is 0 Å². The van der Waals surface area contributed by atoms with Gasteiger partial charge in [0.05, 0.1) is 30.5 Å². The number of hydrogen-bond donors (Lipinski definition) is 2. The molecule has 1 aliphatic heterocycles. The van der Waals surface area contributed by atoms with Crippen LogP contribution in [-0.4, -0.2) is 86.1 Å². The van der Waals surface area contributed by atoms with Crippen LogP contribution in [0.3, 0.4) is 0 Å². The Morgan fingerprint density at radius 2 is 1.90 bits per heavy atom. The molecule has 30 heavy (non-hydrogen) atoms.